The van der Waals surface area contributed by atoms with Crippen LogP contribution < -0.4 is 10.6 Å². The van der Waals surface area contributed by atoms with Crippen LogP contribution in [0.5, 0.6) is 0 Å². The largest absolute Gasteiger partial charge is 0.385 e. The molecule has 1 fully saturated rings. The van der Waals surface area contributed by atoms with Crippen LogP contribution >= 0.6 is 0 Å². The van der Waals surface area contributed by atoms with E-state index in [4.69, 9.17) is 9.29 Å². The Morgan fingerprint density at radius 1 is 1.06 bits per heavy atom. The topological polar surface area (TPSA) is 87.7 Å². The molecule has 0 unspecified atom stereocenters. The number of benzene rings is 1. The van der Waals surface area contributed by atoms with E-state index in [0.29, 0.717) is 17.6 Å². The fourth-order valence-corrected chi connectivity index (χ4v) is 4.70. The minimum Gasteiger partial charge on any atom is -0.385 e. The molecular formula is C24H40N2O4S. The predicted octanol–water partition coefficient (Wildman–Crippen LogP) is 4.79. The van der Waals surface area contributed by atoms with Crippen molar-refractivity contribution in [3.63, 3.8) is 0 Å². The fraction of sp³-hybridized carbons (Fsp3) is 0.667. The van der Waals surface area contributed by atoms with Crippen LogP contribution in [0.3, 0.4) is 0 Å². The lowest BCUT2D eigenvalue weighted by Crippen LogP contribution is -2.26. The smallest absolute Gasteiger partial charge is 0.269 e. The summed E-state index contributed by atoms with van der Waals surface area (Å²) in [6.45, 7) is 7.52. The highest BCUT2D eigenvalue weighted by molar-refractivity contribution is 7.85. The quantitative estimate of drug-likeness (QED) is 0.190. The van der Waals surface area contributed by atoms with Crippen molar-refractivity contribution in [2.75, 3.05) is 31.6 Å². The normalized spacial score (nSPS) is 19.3. The van der Waals surface area contributed by atoms with Crippen molar-refractivity contribution in [1.82, 2.24) is 5.32 Å². The van der Waals surface area contributed by atoms with Gasteiger partial charge in [-0.15, -0.1) is 6.58 Å². The summed E-state index contributed by atoms with van der Waals surface area (Å²) in [7, 11) is -4.03. The van der Waals surface area contributed by atoms with Gasteiger partial charge in [-0.25, -0.2) is 0 Å². The molecule has 1 saturated carbocycles. The SMILES string of the molecule is C=CCCNCCCCCCOC1CCC(CNc2ccccc2CS(=O)(=O)O)CC1. The molecule has 2 rings (SSSR count). The van der Waals surface area contributed by atoms with Gasteiger partial charge in [-0.1, -0.05) is 37.1 Å². The Labute approximate surface area is 188 Å². The van der Waals surface area contributed by atoms with Crippen molar-refractivity contribution >= 4 is 15.8 Å². The zero-order valence-corrected chi connectivity index (χ0v) is 19.5. The summed E-state index contributed by atoms with van der Waals surface area (Å²) in [5.41, 5.74) is 1.39. The molecule has 0 spiro atoms. The summed E-state index contributed by atoms with van der Waals surface area (Å²) in [4.78, 5) is 0. The zero-order valence-electron chi connectivity index (χ0n) is 18.7. The first-order valence-corrected chi connectivity index (χ1v) is 13.3. The third-order valence-corrected chi connectivity index (χ3v) is 6.53. The molecule has 1 aliphatic rings. The molecule has 0 amide bonds. The van der Waals surface area contributed by atoms with Crippen molar-refractivity contribution in [2.45, 2.75) is 69.6 Å². The molecule has 0 saturated heterocycles. The molecular weight excluding hydrogens is 412 g/mol. The number of hydrogen-bond acceptors (Lipinski definition) is 5. The van der Waals surface area contributed by atoms with Crippen LogP contribution in [-0.2, 0) is 20.6 Å². The summed E-state index contributed by atoms with van der Waals surface area (Å²) in [5, 5.41) is 6.80. The Hall–Kier alpha value is -1.41. The van der Waals surface area contributed by atoms with Crippen molar-refractivity contribution in [3.8, 4) is 0 Å². The molecule has 1 aliphatic carbocycles. The average molecular weight is 453 g/mol. The monoisotopic (exact) mass is 452 g/mol. The third kappa shape index (κ3) is 11.7. The molecule has 0 aliphatic heterocycles. The minimum absolute atomic E-state index is 0.359. The zero-order chi connectivity index (χ0) is 22.4. The van der Waals surface area contributed by atoms with Crippen LogP contribution in [0.15, 0.2) is 36.9 Å². The van der Waals surface area contributed by atoms with Gasteiger partial charge in [0.1, 0.15) is 5.75 Å². The van der Waals surface area contributed by atoms with Gasteiger partial charge in [0, 0.05) is 18.8 Å². The highest BCUT2D eigenvalue weighted by Gasteiger charge is 2.21. The van der Waals surface area contributed by atoms with Crippen LogP contribution in [-0.4, -0.2) is 45.3 Å². The fourth-order valence-electron chi connectivity index (χ4n) is 4.06. The average Bonchev–Trinajstić information content (AvgIpc) is 2.74. The maximum atomic E-state index is 11.2. The Bertz CT molecular complexity index is 731. The Morgan fingerprint density at radius 2 is 1.81 bits per heavy atom. The standard InChI is InChI=1S/C24H40N2O4S/c1-2-3-16-25-17-8-4-5-9-18-30-23-14-12-21(13-15-23)19-26-24-11-7-6-10-22(24)20-31(27,28)29/h2,6-7,10-11,21,23,25-26H,1,3-5,8-9,12-20H2,(H,27,28,29). The molecule has 0 radical (unpaired) electrons. The second-order valence-electron chi connectivity index (χ2n) is 8.52. The van der Waals surface area contributed by atoms with E-state index in [1.54, 1.807) is 12.1 Å². The number of para-hydroxylation sites is 1. The lowest BCUT2D eigenvalue weighted by molar-refractivity contribution is 0.0174. The maximum absolute atomic E-state index is 11.2. The summed E-state index contributed by atoms with van der Waals surface area (Å²) < 4.78 is 37.6. The van der Waals surface area contributed by atoms with Crippen LogP contribution in [0.2, 0.25) is 0 Å². The lowest BCUT2D eigenvalue weighted by atomic mass is 9.87. The molecule has 0 aromatic heterocycles. The highest BCUT2D eigenvalue weighted by Crippen LogP contribution is 2.27. The number of anilines is 1. The molecule has 31 heavy (non-hydrogen) atoms. The second-order valence-corrected chi connectivity index (χ2v) is 9.97. The molecule has 0 bridgehead atoms. The highest BCUT2D eigenvalue weighted by atomic mass is 32.2. The van der Waals surface area contributed by atoms with Crippen molar-refractivity contribution in [1.29, 1.82) is 0 Å². The first kappa shape index (κ1) is 25.8. The molecule has 6 nitrogen and oxygen atoms in total. The van der Waals surface area contributed by atoms with Crippen molar-refractivity contribution in [3.05, 3.63) is 42.5 Å². The Morgan fingerprint density at radius 3 is 2.55 bits per heavy atom. The minimum atomic E-state index is -4.03. The van der Waals surface area contributed by atoms with E-state index >= 15 is 0 Å². The van der Waals surface area contributed by atoms with Crippen molar-refractivity contribution in [2.24, 2.45) is 5.92 Å². The van der Waals surface area contributed by atoms with E-state index in [1.807, 2.05) is 18.2 Å². The third-order valence-electron chi connectivity index (χ3n) is 5.86. The molecule has 1 aromatic rings. The van der Waals surface area contributed by atoms with E-state index in [2.05, 4.69) is 17.2 Å². The maximum Gasteiger partial charge on any atom is 0.269 e. The van der Waals surface area contributed by atoms with Crippen LogP contribution in [0.25, 0.3) is 0 Å². The molecule has 0 heterocycles. The van der Waals surface area contributed by atoms with Gasteiger partial charge >= 0.3 is 0 Å². The van der Waals surface area contributed by atoms with Gasteiger partial charge in [0.25, 0.3) is 10.1 Å². The van der Waals surface area contributed by atoms with Gasteiger partial charge < -0.3 is 15.4 Å². The number of nitrogens with one attached hydrogen (secondary N) is 2. The summed E-state index contributed by atoms with van der Waals surface area (Å²) in [6, 6.07) is 7.27. The first-order chi connectivity index (χ1) is 15.0. The molecule has 1 aromatic carbocycles. The van der Waals surface area contributed by atoms with E-state index in [9.17, 15) is 8.42 Å². The van der Waals surface area contributed by atoms with Crippen LogP contribution in [0, 0.1) is 5.92 Å². The number of ether oxygens (including phenoxy) is 1. The predicted molar refractivity (Wildman–Crippen MR) is 128 cm³/mol. The van der Waals surface area contributed by atoms with Gasteiger partial charge in [-0.3, -0.25) is 4.55 Å². The van der Waals surface area contributed by atoms with E-state index in [1.165, 1.54) is 19.3 Å². The lowest BCUT2D eigenvalue weighted by Gasteiger charge is -2.29. The number of unbranched alkanes of at least 4 members (excludes halogenated alkanes) is 3. The number of hydrogen-bond donors (Lipinski definition) is 3. The summed E-state index contributed by atoms with van der Waals surface area (Å²) >= 11 is 0. The summed E-state index contributed by atoms with van der Waals surface area (Å²) in [5.74, 6) is 0.204. The second kappa shape index (κ2) is 14.6. The van der Waals surface area contributed by atoms with Crippen molar-refractivity contribution < 1.29 is 17.7 Å². The van der Waals surface area contributed by atoms with Gasteiger partial charge in [0.15, 0.2) is 0 Å². The molecule has 176 valence electrons. The number of rotatable bonds is 16. The van der Waals surface area contributed by atoms with Gasteiger partial charge in [-0.2, -0.15) is 8.42 Å². The van der Waals surface area contributed by atoms with Crippen LogP contribution in [0.4, 0.5) is 5.69 Å². The molecule has 0 atom stereocenters. The van der Waals surface area contributed by atoms with Gasteiger partial charge in [-0.05, 0) is 75.6 Å². The van der Waals surface area contributed by atoms with E-state index in [0.717, 1.165) is 70.5 Å². The van der Waals surface area contributed by atoms with Gasteiger partial charge in [0.05, 0.1) is 6.10 Å². The Balaban J connectivity index is 1.54. The molecule has 7 heteroatoms. The summed E-state index contributed by atoms with van der Waals surface area (Å²) in [6.07, 6.45) is 12.6. The Kier molecular flexibility index (Phi) is 12.2. The van der Waals surface area contributed by atoms with Crippen LogP contribution in [0.1, 0.15) is 63.4 Å². The van der Waals surface area contributed by atoms with Gasteiger partial charge in [0.2, 0.25) is 0 Å². The van der Waals surface area contributed by atoms with E-state index < -0.39 is 10.1 Å². The molecule has 3 N–H and O–H groups in total. The first-order valence-electron chi connectivity index (χ1n) is 11.7. The van der Waals surface area contributed by atoms with E-state index in [-0.39, 0.29) is 5.75 Å².